The van der Waals surface area contributed by atoms with Crippen LogP contribution in [0.1, 0.15) is 57.6 Å². The molecule has 0 aromatic heterocycles. The molecule has 0 fully saturated rings. The summed E-state index contributed by atoms with van der Waals surface area (Å²) in [7, 11) is 0. The van der Waals surface area contributed by atoms with Gasteiger partial charge in [0.2, 0.25) is 0 Å². The third-order valence-electron chi connectivity index (χ3n) is 3.70. The van der Waals surface area contributed by atoms with E-state index < -0.39 is 11.2 Å². The highest BCUT2D eigenvalue weighted by atomic mass is 32.2. The van der Waals surface area contributed by atoms with Crippen molar-refractivity contribution in [3.05, 3.63) is 29.8 Å². The second-order valence-corrected chi connectivity index (χ2v) is 7.03. The molecule has 2 unspecified atom stereocenters. The molecular formula is C17H27NO2S. The predicted octanol–water partition coefficient (Wildman–Crippen LogP) is 3.60. The molecule has 118 valence electrons. The number of aldehydes is 1. The van der Waals surface area contributed by atoms with Gasteiger partial charge in [0.1, 0.15) is 12.0 Å². The molecule has 0 radical (unpaired) electrons. The van der Waals surface area contributed by atoms with Gasteiger partial charge in [-0.25, -0.2) is 0 Å². The van der Waals surface area contributed by atoms with Gasteiger partial charge >= 0.3 is 0 Å². The van der Waals surface area contributed by atoms with Crippen LogP contribution in [-0.2, 0) is 16.0 Å². The molecule has 3 nitrogen and oxygen atoms in total. The van der Waals surface area contributed by atoms with Crippen LogP contribution in [0.15, 0.2) is 29.2 Å². The molecule has 0 spiro atoms. The Labute approximate surface area is 131 Å². The lowest BCUT2D eigenvalue weighted by Crippen LogP contribution is -2.17. The third-order valence-corrected chi connectivity index (χ3v) is 5.27. The van der Waals surface area contributed by atoms with E-state index in [-0.39, 0.29) is 6.04 Å². The highest BCUT2D eigenvalue weighted by Gasteiger charge is 2.18. The van der Waals surface area contributed by atoms with Gasteiger partial charge in [-0.3, -0.25) is 0 Å². The first-order valence-electron chi connectivity index (χ1n) is 7.79. The molecule has 0 bridgehead atoms. The first kappa shape index (κ1) is 18.2. The van der Waals surface area contributed by atoms with Crippen molar-refractivity contribution < 1.29 is 9.35 Å². The normalized spacial score (nSPS) is 14.1. The van der Waals surface area contributed by atoms with Crippen LogP contribution in [0.25, 0.3) is 0 Å². The quantitative estimate of drug-likeness (QED) is 0.530. The second kappa shape index (κ2) is 9.98. The SMILES string of the molecule is CCCC(CCC)C[S+]([O-])c1ccc(C(N)CC=O)cc1. The Kier molecular flexibility index (Phi) is 8.66. The number of hydrogen-bond acceptors (Lipinski definition) is 3. The average Bonchev–Trinajstić information content (AvgIpc) is 2.48. The van der Waals surface area contributed by atoms with Gasteiger partial charge < -0.3 is 15.1 Å². The Morgan fingerprint density at radius 3 is 2.24 bits per heavy atom. The molecule has 1 aromatic carbocycles. The molecule has 21 heavy (non-hydrogen) atoms. The van der Waals surface area contributed by atoms with Gasteiger partial charge in [0, 0.05) is 18.4 Å². The minimum absolute atomic E-state index is 0.266. The summed E-state index contributed by atoms with van der Waals surface area (Å²) in [5.74, 6) is 1.28. The molecule has 2 atom stereocenters. The van der Waals surface area contributed by atoms with Crippen molar-refractivity contribution in [3.8, 4) is 0 Å². The van der Waals surface area contributed by atoms with Crippen LogP contribution in [0.5, 0.6) is 0 Å². The fraction of sp³-hybridized carbons (Fsp3) is 0.588. The van der Waals surface area contributed by atoms with Crippen molar-refractivity contribution in [2.24, 2.45) is 11.7 Å². The molecular weight excluding hydrogens is 282 g/mol. The van der Waals surface area contributed by atoms with Crippen LogP contribution in [0.3, 0.4) is 0 Å². The zero-order valence-electron chi connectivity index (χ0n) is 13.1. The smallest absolute Gasteiger partial charge is 0.152 e. The molecule has 0 aliphatic rings. The van der Waals surface area contributed by atoms with Gasteiger partial charge in [-0.1, -0.05) is 38.8 Å². The number of carbonyl (C=O) groups excluding carboxylic acids is 1. The monoisotopic (exact) mass is 309 g/mol. The van der Waals surface area contributed by atoms with Gasteiger partial charge in [-0.2, -0.15) is 0 Å². The number of rotatable bonds is 10. The summed E-state index contributed by atoms with van der Waals surface area (Å²) < 4.78 is 12.4. The Morgan fingerprint density at radius 2 is 1.76 bits per heavy atom. The molecule has 1 aromatic rings. The van der Waals surface area contributed by atoms with Crippen molar-refractivity contribution in [1.29, 1.82) is 0 Å². The predicted molar refractivity (Wildman–Crippen MR) is 88.6 cm³/mol. The highest BCUT2D eigenvalue weighted by molar-refractivity contribution is 7.91. The summed E-state index contributed by atoms with van der Waals surface area (Å²) in [4.78, 5) is 11.3. The molecule has 4 heteroatoms. The van der Waals surface area contributed by atoms with Gasteiger partial charge in [-0.15, -0.1) is 0 Å². The topological polar surface area (TPSA) is 66.2 Å². The van der Waals surface area contributed by atoms with Crippen LogP contribution in [-0.4, -0.2) is 16.6 Å². The van der Waals surface area contributed by atoms with Crippen molar-refractivity contribution in [3.63, 3.8) is 0 Å². The first-order chi connectivity index (χ1) is 10.1. The molecule has 0 amide bonds. The summed E-state index contributed by atoms with van der Waals surface area (Å²) in [6, 6.07) is 7.26. The molecule has 0 saturated carbocycles. The molecule has 1 rings (SSSR count). The minimum atomic E-state index is -0.952. The average molecular weight is 309 g/mol. The van der Waals surface area contributed by atoms with Gasteiger partial charge in [0.25, 0.3) is 0 Å². The van der Waals surface area contributed by atoms with Crippen molar-refractivity contribution in [1.82, 2.24) is 0 Å². The summed E-state index contributed by atoms with van der Waals surface area (Å²) in [6.07, 6.45) is 5.71. The number of nitrogens with two attached hydrogens (primary N) is 1. The molecule has 0 saturated heterocycles. The zero-order chi connectivity index (χ0) is 15.7. The van der Waals surface area contributed by atoms with Gasteiger partial charge in [0.15, 0.2) is 4.90 Å². The van der Waals surface area contributed by atoms with Crippen LogP contribution >= 0.6 is 0 Å². The van der Waals surface area contributed by atoms with E-state index in [4.69, 9.17) is 5.73 Å². The van der Waals surface area contributed by atoms with E-state index in [0.29, 0.717) is 12.3 Å². The molecule has 0 aliphatic carbocycles. The Morgan fingerprint density at radius 1 is 1.19 bits per heavy atom. The van der Waals surface area contributed by atoms with Crippen molar-refractivity contribution in [2.75, 3.05) is 5.75 Å². The highest BCUT2D eigenvalue weighted by Crippen LogP contribution is 2.22. The molecule has 2 N–H and O–H groups in total. The fourth-order valence-corrected chi connectivity index (χ4v) is 3.94. The van der Waals surface area contributed by atoms with E-state index in [9.17, 15) is 9.35 Å². The van der Waals surface area contributed by atoms with Gasteiger partial charge in [-0.05, 0) is 41.7 Å². The standard InChI is InChI=1S/C17H27NO2S/c1-3-5-14(6-4-2)13-21(20)16-9-7-15(8-10-16)17(18)11-12-19/h7-10,12,14,17H,3-6,11,13,18H2,1-2H3. The molecule has 0 heterocycles. The van der Waals surface area contributed by atoms with Crippen LogP contribution in [0, 0.1) is 5.92 Å². The fourth-order valence-electron chi connectivity index (χ4n) is 2.54. The summed E-state index contributed by atoms with van der Waals surface area (Å²) >= 11 is -0.952. The lowest BCUT2D eigenvalue weighted by Gasteiger charge is -2.18. The van der Waals surface area contributed by atoms with Gasteiger partial charge in [0.05, 0.1) is 0 Å². The minimum Gasteiger partial charge on any atom is -0.611 e. The molecule has 0 aliphatic heterocycles. The largest absolute Gasteiger partial charge is 0.611 e. The Hall–Kier alpha value is -0.840. The van der Waals surface area contributed by atoms with Crippen LogP contribution in [0.2, 0.25) is 0 Å². The van der Waals surface area contributed by atoms with E-state index in [2.05, 4.69) is 13.8 Å². The number of hydrogen-bond donors (Lipinski definition) is 1. The number of benzene rings is 1. The van der Waals surface area contributed by atoms with E-state index in [1.54, 1.807) is 0 Å². The van der Waals surface area contributed by atoms with Crippen LogP contribution in [0.4, 0.5) is 0 Å². The summed E-state index contributed by atoms with van der Waals surface area (Å²) in [5, 5.41) is 0. The lowest BCUT2D eigenvalue weighted by atomic mass is 10.0. The van der Waals surface area contributed by atoms with Crippen molar-refractivity contribution in [2.45, 2.75) is 56.9 Å². The Bertz CT molecular complexity index is 402. The lowest BCUT2D eigenvalue weighted by molar-refractivity contribution is -0.108. The first-order valence-corrected chi connectivity index (χ1v) is 9.11. The van der Waals surface area contributed by atoms with Crippen molar-refractivity contribution >= 4 is 17.5 Å². The van der Waals surface area contributed by atoms with Crippen LogP contribution < -0.4 is 5.73 Å². The maximum absolute atomic E-state index is 12.4. The Balaban J connectivity index is 2.65. The summed E-state index contributed by atoms with van der Waals surface area (Å²) in [6.45, 7) is 4.35. The van der Waals surface area contributed by atoms with E-state index in [0.717, 1.165) is 48.2 Å². The zero-order valence-corrected chi connectivity index (χ0v) is 13.9. The number of carbonyl (C=O) groups is 1. The second-order valence-electron chi connectivity index (χ2n) is 5.53. The van der Waals surface area contributed by atoms with E-state index in [1.807, 2.05) is 24.3 Å². The van der Waals surface area contributed by atoms with E-state index >= 15 is 0 Å². The third kappa shape index (κ3) is 6.20. The van der Waals surface area contributed by atoms with E-state index in [1.165, 1.54) is 0 Å². The maximum Gasteiger partial charge on any atom is 0.152 e. The maximum atomic E-state index is 12.4. The summed E-state index contributed by atoms with van der Waals surface area (Å²) in [5.41, 5.74) is 6.80.